The average molecular weight is 250 g/mol. The first-order chi connectivity index (χ1) is 9.31. The highest BCUT2D eigenvalue weighted by Crippen LogP contribution is 2.41. The van der Waals surface area contributed by atoms with E-state index in [1.165, 1.54) is 12.8 Å². The van der Waals surface area contributed by atoms with Crippen molar-refractivity contribution in [2.45, 2.75) is 18.8 Å². The van der Waals surface area contributed by atoms with E-state index in [1.807, 2.05) is 24.3 Å². The number of nitrogens with two attached hydrogens (primary N) is 1. The fourth-order valence-electron chi connectivity index (χ4n) is 2.38. The Morgan fingerprint density at radius 3 is 2.58 bits per heavy atom. The van der Waals surface area contributed by atoms with Crippen molar-refractivity contribution in [3.63, 3.8) is 0 Å². The summed E-state index contributed by atoms with van der Waals surface area (Å²) in [6.45, 7) is 0. The van der Waals surface area contributed by atoms with E-state index in [4.69, 9.17) is 10.2 Å². The van der Waals surface area contributed by atoms with Crippen molar-refractivity contribution < 1.29 is 4.42 Å². The first-order valence-electron chi connectivity index (χ1n) is 6.56. The maximum absolute atomic E-state index is 6.09. The fourth-order valence-corrected chi connectivity index (χ4v) is 2.38. The molecule has 19 heavy (non-hydrogen) atoms. The van der Waals surface area contributed by atoms with Crippen LogP contribution in [-0.4, -0.2) is 4.98 Å². The summed E-state index contributed by atoms with van der Waals surface area (Å²) in [5, 5.41) is 0. The van der Waals surface area contributed by atoms with E-state index < -0.39 is 0 Å². The summed E-state index contributed by atoms with van der Waals surface area (Å²) >= 11 is 0. The molecule has 0 amide bonds. The van der Waals surface area contributed by atoms with E-state index in [-0.39, 0.29) is 0 Å². The molecule has 0 aliphatic heterocycles. The van der Waals surface area contributed by atoms with Crippen LogP contribution in [0.1, 0.15) is 24.7 Å². The van der Waals surface area contributed by atoms with Crippen molar-refractivity contribution in [2.75, 3.05) is 5.73 Å². The van der Waals surface area contributed by atoms with E-state index in [2.05, 4.69) is 23.2 Å². The van der Waals surface area contributed by atoms with Gasteiger partial charge >= 0.3 is 0 Å². The predicted molar refractivity (Wildman–Crippen MR) is 75.8 cm³/mol. The Hall–Kier alpha value is -2.29. The molecule has 1 aliphatic rings. The van der Waals surface area contributed by atoms with Gasteiger partial charge in [-0.1, -0.05) is 30.3 Å². The molecule has 1 aromatic heterocycles. The number of rotatable bonds is 2. The van der Waals surface area contributed by atoms with Crippen molar-refractivity contribution >= 4 is 16.8 Å². The van der Waals surface area contributed by atoms with Crippen molar-refractivity contribution in [3.05, 3.63) is 48.4 Å². The molecule has 1 heterocycles. The van der Waals surface area contributed by atoms with Crippen molar-refractivity contribution in [1.29, 1.82) is 0 Å². The Morgan fingerprint density at radius 1 is 1.05 bits per heavy atom. The van der Waals surface area contributed by atoms with Gasteiger partial charge in [0, 0.05) is 5.92 Å². The van der Waals surface area contributed by atoms with E-state index in [0.29, 0.717) is 11.6 Å². The maximum Gasteiger partial charge on any atom is 0.198 e. The molecule has 0 radical (unpaired) electrons. The first kappa shape index (κ1) is 10.6. The van der Waals surface area contributed by atoms with Crippen LogP contribution in [0.2, 0.25) is 0 Å². The van der Waals surface area contributed by atoms with Gasteiger partial charge in [-0.15, -0.1) is 0 Å². The number of fused-ring (bicyclic) bond motifs is 1. The van der Waals surface area contributed by atoms with Crippen molar-refractivity contribution in [2.24, 2.45) is 0 Å². The minimum atomic E-state index is 0.506. The summed E-state index contributed by atoms with van der Waals surface area (Å²) in [4.78, 5) is 4.58. The highest BCUT2D eigenvalue weighted by atomic mass is 16.3. The molecule has 3 nitrogen and oxygen atoms in total. The van der Waals surface area contributed by atoms with Gasteiger partial charge in [0.2, 0.25) is 0 Å². The molecule has 0 atom stereocenters. The van der Waals surface area contributed by atoms with Gasteiger partial charge in [-0.25, -0.2) is 4.98 Å². The Kier molecular flexibility index (Phi) is 2.15. The molecule has 94 valence electrons. The molecule has 0 bridgehead atoms. The van der Waals surface area contributed by atoms with Gasteiger partial charge in [0.05, 0.1) is 5.69 Å². The third-order valence-electron chi connectivity index (χ3n) is 3.57. The lowest BCUT2D eigenvalue weighted by molar-refractivity contribution is 0.534. The summed E-state index contributed by atoms with van der Waals surface area (Å²) in [6, 6.07) is 14.2. The average Bonchev–Trinajstić information content (AvgIpc) is 3.20. The van der Waals surface area contributed by atoms with Gasteiger partial charge < -0.3 is 10.2 Å². The minimum Gasteiger partial charge on any atom is -0.438 e. The largest absolute Gasteiger partial charge is 0.438 e. The van der Waals surface area contributed by atoms with Gasteiger partial charge in [-0.2, -0.15) is 0 Å². The number of nitrogen functional groups attached to an aromatic ring is 1. The van der Waals surface area contributed by atoms with Crippen LogP contribution in [-0.2, 0) is 0 Å². The minimum absolute atomic E-state index is 0.506. The molecule has 1 saturated carbocycles. The SMILES string of the molecule is Nc1cc(-c2ccccc2)cc2nc(C3CC3)oc12. The van der Waals surface area contributed by atoms with Gasteiger partial charge in [-0.3, -0.25) is 0 Å². The molecular weight excluding hydrogens is 236 g/mol. The smallest absolute Gasteiger partial charge is 0.198 e. The zero-order valence-corrected chi connectivity index (χ0v) is 10.5. The lowest BCUT2D eigenvalue weighted by Gasteiger charge is -2.02. The van der Waals surface area contributed by atoms with E-state index in [1.54, 1.807) is 0 Å². The summed E-state index contributed by atoms with van der Waals surface area (Å²) < 4.78 is 5.78. The molecule has 2 aromatic carbocycles. The number of hydrogen-bond acceptors (Lipinski definition) is 3. The zero-order valence-electron chi connectivity index (χ0n) is 10.5. The molecule has 4 rings (SSSR count). The summed E-state index contributed by atoms with van der Waals surface area (Å²) in [5.41, 5.74) is 10.6. The lowest BCUT2D eigenvalue weighted by atomic mass is 10.0. The third kappa shape index (κ3) is 1.78. The summed E-state index contributed by atoms with van der Waals surface area (Å²) in [6.07, 6.45) is 2.36. The van der Waals surface area contributed by atoms with Crippen LogP contribution in [0.25, 0.3) is 22.2 Å². The highest BCUT2D eigenvalue weighted by molar-refractivity contribution is 5.90. The number of oxazole rings is 1. The summed E-state index contributed by atoms with van der Waals surface area (Å²) in [7, 11) is 0. The number of aromatic nitrogens is 1. The van der Waals surface area contributed by atoms with Crippen LogP contribution in [0.3, 0.4) is 0 Å². The number of nitrogens with zero attached hydrogens (tertiary/aromatic N) is 1. The molecule has 3 heteroatoms. The molecular formula is C16H14N2O. The second-order valence-electron chi connectivity index (χ2n) is 5.11. The number of hydrogen-bond donors (Lipinski definition) is 1. The molecule has 0 saturated heterocycles. The summed E-state index contributed by atoms with van der Waals surface area (Å²) in [5.74, 6) is 1.35. The standard InChI is InChI=1S/C16H14N2O/c17-13-8-12(10-4-2-1-3-5-10)9-14-15(13)19-16(18-14)11-6-7-11/h1-5,8-9,11H,6-7,17H2. The Morgan fingerprint density at radius 2 is 1.84 bits per heavy atom. The van der Waals surface area contributed by atoms with Gasteiger partial charge in [0.25, 0.3) is 0 Å². The Bertz CT molecular complexity index is 742. The molecule has 1 fully saturated rings. The van der Waals surface area contributed by atoms with Gasteiger partial charge in [0.1, 0.15) is 5.52 Å². The predicted octanol–water partition coefficient (Wildman–Crippen LogP) is 3.95. The fraction of sp³-hybridized carbons (Fsp3) is 0.188. The Balaban J connectivity index is 1.89. The highest BCUT2D eigenvalue weighted by Gasteiger charge is 2.29. The molecule has 2 N–H and O–H groups in total. The van der Waals surface area contributed by atoms with Crippen LogP contribution in [0.5, 0.6) is 0 Å². The van der Waals surface area contributed by atoms with Crippen LogP contribution in [0.15, 0.2) is 46.9 Å². The monoisotopic (exact) mass is 250 g/mol. The normalized spacial score (nSPS) is 14.9. The van der Waals surface area contributed by atoms with Gasteiger partial charge in [0.15, 0.2) is 11.5 Å². The van der Waals surface area contributed by atoms with Crippen LogP contribution in [0.4, 0.5) is 5.69 Å². The number of anilines is 1. The van der Waals surface area contributed by atoms with E-state index >= 15 is 0 Å². The third-order valence-corrected chi connectivity index (χ3v) is 3.57. The second kappa shape index (κ2) is 3.85. The molecule has 0 unspecified atom stereocenters. The second-order valence-corrected chi connectivity index (χ2v) is 5.11. The van der Waals surface area contributed by atoms with Crippen LogP contribution >= 0.6 is 0 Å². The van der Waals surface area contributed by atoms with Gasteiger partial charge in [-0.05, 0) is 36.1 Å². The topological polar surface area (TPSA) is 52.0 Å². The molecule has 0 spiro atoms. The number of benzene rings is 2. The zero-order chi connectivity index (χ0) is 12.8. The quantitative estimate of drug-likeness (QED) is 0.700. The van der Waals surface area contributed by atoms with E-state index in [9.17, 15) is 0 Å². The lowest BCUT2D eigenvalue weighted by Crippen LogP contribution is -1.87. The molecule has 3 aromatic rings. The maximum atomic E-state index is 6.09. The van der Waals surface area contributed by atoms with Crippen LogP contribution in [0, 0.1) is 0 Å². The van der Waals surface area contributed by atoms with Crippen molar-refractivity contribution in [3.8, 4) is 11.1 Å². The Labute approximate surface area is 111 Å². The van der Waals surface area contributed by atoms with E-state index in [0.717, 1.165) is 28.1 Å². The molecule has 1 aliphatic carbocycles. The first-order valence-corrected chi connectivity index (χ1v) is 6.56. The van der Waals surface area contributed by atoms with Crippen LogP contribution < -0.4 is 5.73 Å². The van der Waals surface area contributed by atoms with Crippen molar-refractivity contribution in [1.82, 2.24) is 4.98 Å².